The fourth-order valence-corrected chi connectivity index (χ4v) is 3.47. The van der Waals surface area contributed by atoms with Crippen molar-refractivity contribution in [2.45, 2.75) is 24.8 Å². The van der Waals surface area contributed by atoms with Gasteiger partial charge in [-0.05, 0) is 61.3 Å². The third kappa shape index (κ3) is 5.59. The van der Waals surface area contributed by atoms with Crippen molar-refractivity contribution in [2.24, 2.45) is 5.14 Å². The van der Waals surface area contributed by atoms with Crippen LogP contribution >= 0.6 is 24.0 Å². The molecule has 0 bridgehead atoms. The van der Waals surface area contributed by atoms with E-state index in [9.17, 15) is 8.42 Å². The van der Waals surface area contributed by atoms with Crippen LogP contribution in [-0.2, 0) is 23.0 Å². The zero-order chi connectivity index (χ0) is 19.4. The van der Waals surface area contributed by atoms with Gasteiger partial charge in [0.25, 0.3) is 0 Å². The third-order valence-electron chi connectivity index (χ3n) is 4.34. The summed E-state index contributed by atoms with van der Waals surface area (Å²) in [6.45, 7) is 3.31. The maximum atomic E-state index is 11.3. The van der Waals surface area contributed by atoms with Crippen molar-refractivity contribution in [3.63, 3.8) is 0 Å². The number of halogens is 2. The van der Waals surface area contributed by atoms with Gasteiger partial charge in [0, 0.05) is 10.6 Å². The summed E-state index contributed by atoms with van der Waals surface area (Å²) in [6.07, 6.45) is 0.770. The smallest absolute Gasteiger partial charge is 0.238 e. The highest BCUT2D eigenvalue weighted by atomic mass is 35.5. The number of nitrogens with two attached hydrogens (primary N) is 1. The van der Waals surface area contributed by atoms with Crippen LogP contribution in [-0.4, -0.2) is 15.0 Å². The Morgan fingerprint density at radius 1 is 1.07 bits per heavy atom. The maximum absolute atomic E-state index is 11.3. The predicted octanol–water partition coefficient (Wildman–Crippen LogP) is 4.31. The zero-order valence-electron chi connectivity index (χ0n) is 15.3. The molecule has 0 aliphatic rings. The number of nitrogens with one attached hydrogen (secondary N) is 1. The molecule has 0 saturated heterocycles. The zero-order valence-corrected chi connectivity index (χ0v) is 17.7. The van der Waals surface area contributed by atoms with Gasteiger partial charge in [0.15, 0.2) is 0 Å². The molecule has 0 fully saturated rings. The Balaban J connectivity index is 0.00000280. The van der Waals surface area contributed by atoms with Crippen molar-refractivity contribution in [1.29, 1.82) is 0 Å². The van der Waals surface area contributed by atoms with Crippen LogP contribution in [0, 0.1) is 6.92 Å². The van der Waals surface area contributed by atoms with Gasteiger partial charge in [-0.15, -0.1) is 12.4 Å². The van der Waals surface area contributed by atoms with E-state index in [0.29, 0.717) is 6.54 Å². The second-order valence-electron chi connectivity index (χ2n) is 6.29. The standard InChI is InChI=1S/C20H21ClN2O3S.ClH/c1-14-18(3-2-4-19(14)21)20-10-7-16(26-20)13-23-12-11-15-5-8-17(9-6-15)27(22,24)25;/h2-10,23H,11-13H2,1H3,(H2,22,24,25);1H. The second-order valence-corrected chi connectivity index (χ2v) is 8.26. The van der Waals surface area contributed by atoms with Gasteiger partial charge in [0.1, 0.15) is 11.5 Å². The van der Waals surface area contributed by atoms with E-state index in [1.54, 1.807) is 12.1 Å². The predicted molar refractivity (Wildman–Crippen MR) is 114 cm³/mol. The minimum absolute atomic E-state index is 0. The van der Waals surface area contributed by atoms with Gasteiger partial charge in [0.2, 0.25) is 10.0 Å². The lowest BCUT2D eigenvalue weighted by Gasteiger charge is -2.06. The van der Waals surface area contributed by atoms with Gasteiger partial charge < -0.3 is 9.73 Å². The largest absolute Gasteiger partial charge is 0.460 e. The Labute approximate surface area is 176 Å². The summed E-state index contributed by atoms with van der Waals surface area (Å²) in [5, 5.41) is 9.14. The summed E-state index contributed by atoms with van der Waals surface area (Å²) < 4.78 is 28.4. The molecule has 1 heterocycles. The first kappa shape index (κ1) is 22.5. The van der Waals surface area contributed by atoms with E-state index in [1.807, 2.05) is 37.3 Å². The lowest BCUT2D eigenvalue weighted by molar-refractivity contribution is 0.494. The number of sulfonamides is 1. The molecule has 0 aliphatic carbocycles. The lowest BCUT2D eigenvalue weighted by Crippen LogP contribution is -2.16. The van der Waals surface area contributed by atoms with Crippen molar-refractivity contribution in [3.8, 4) is 11.3 Å². The van der Waals surface area contributed by atoms with E-state index in [2.05, 4.69) is 5.32 Å². The minimum Gasteiger partial charge on any atom is -0.460 e. The first-order valence-corrected chi connectivity index (χ1v) is 10.4. The van der Waals surface area contributed by atoms with Crippen LogP contribution in [0.1, 0.15) is 16.9 Å². The molecule has 1 aromatic heterocycles. The van der Waals surface area contributed by atoms with Gasteiger partial charge in [0.05, 0.1) is 11.4 Å². The van der Waals surface area contributed by atoms with E-state index < -0.39 is 10.0 Å². The van der Waals surface area contributed by atoms with Gasteiger partial charge in [-0.1, -0.05) is 35.9 Å². The van der Waals surface area contributed by atoms with Crippen LogP contribution in [0.4, 0.5) is 0 Å². The third-order valence-corrected chi connectivity index (χ3v) is 5.68. The first-order chi connectivity index (χ1) is 12.8. The topological polar surface area (TPSA) is 85.3 Å². The van der Waals surface area contributed by atoms with E-state index >= 15 is 0 Å². The summed E-state index contributed by atoms with van der Waals surface area (Å²) in [4.78, 5) is 0.124. The van der Waals surface area contributed by atoms with Crippen LogP contribution in [0.2, 0.25) is 5.02 Å². The van der Waals surface area contributed by atoms with Gasteiger partial charge in [-0.3, -0.25) is 0 Å². The molecule has 150 valence electrons. The average Bonchev–Trinajstić information content (AvgIpc) is 3.09. The van der Waals surface area contributed by atoms with Gasteiger partial charge in [-0.2, -0.15) is 0 Å². The Hall–Kier alpha value is -1.83. The molecule has 28 heavy (non-hydrogen) atoms. The second kappa shape index (κ2) is 9.58. The monoisotopic (exact) mass is 440 g/mol. The maximum Gasteiger partial charge on any atom is 0.238 e. The lowest BCUT2D eigenvalue weighted by atomic mass is 10.1. The van der Waals surface area contributed by atoms with Crippen molar-refractivity contribution in [2.75, 3.05) is 6.54 Å². The molecule has 5 nitrogen and oxygen atoms in total. The van der Waals surface area contributed by atoms with E-state index in [1.165, 1.54) is 12.1 Å². The normalized spacial score (nSPS) is 11.2. The number of benzene rings is 2. The van der Waals surface area contributed by atoms with Crippen LogP contribution in [0.3, 0.4) is 0 Å². The molecule has 0 saturated carbocycles. The number of hydrogen-bond donors (Lipinski definition) is 2. The molecule has 3 rings (SSSR count). The molecule has 0 amide bonds. The number of furan rings is 1. The summed E-state index contributed by atoms with van der Waals surface area (Å²) >= 11 is 6.17. The van der Waals surface area contributed by atoms with Crippen molar-refractivity contribution < 1.29 is 12.8 Å². The van der Waals surface area contributed by atoms with E-state index in [0.717, 1.165) is 46.2 Å². The molecule has 0 atom stereocenters. The minimum atomic E-state index is -3.64. The summed E-state index contributed by atoms with van der Waals surface area (Å²) in [7, 11) is -3.64. The van der Waals surface area contributed by atoms with E-state index in [4.69, 9.17) is 21.2 Å². The molecule has 2 aromatic carbocycles. The Bertz CT molecular complexity index is 1030. The fraction of sp³-hybridized carbons (Fsp3) is 0.200. The fourth-order valence-electron chi connectivity index (χ4n) is 2.78. The molecule has 0 unspecified atom stereocenters. The first-order valence-electron chi connectivity index (χ1n) is 8.51. The molecule has 0 spiro atoms. The van der Waals surface area contributed by atoms with Crippen LogP contribution in [0.5, 0.6) is 0 Å². The van der Waals surface area contributed by atoms with Gasteiger partial charge in [-0.25, -0.2) is 13.6 Å². The highest BCUT2D eigenvalue weighted by Crippen LogP contribution is 2.29. The summed E-state index contributed by atoms with van der Waals surface area (Å²) in [5.41, 5.74) is 3.02. The number of rotatable bonds is 7. The van der Waals surface area contributed by atoms with Crippen molar-refractivity contribution >= 4 is 34.0 Å². The Morgan fingerprint density at radius 2 is 1.79 bits per heavy atom. The molecule has 0 aliphatic heterocycles. The Morgan fingerprint density at radius 3 is 2.46 bits per heavy atom. The highest BCUT2D eigenvalue weighted by molar-refractivity contribution is 7.89. The SMILES string of the molecule is Cc1c(Cl)cccc1-c1ccc(CNCCc2ccc(S(N)(=O)=O)cc2)o1.Cl. The molecule has 0 radical (unpaired) electrons. The van der Waals surface area contributed by atoms with Crippen LogP contribution < -0.4 is 10.5 Å². The average molecular weight is 441 g/mol. The van der Waals surface area contributed by atoms with Crippen LogP contribution in [0.25, 0.3) is 11.3 Å². The van der Waals surface area contributed by atoms with Crippen LogP contribution in [0.15, 0.2) is 63.9 Å². The Kier molecular flexibility index (Phi) is 7.69. The molecular formula is C20H22Cl2N2O3S. The number of primary sulfonamides is 1. The molecule has 3 aromatic rings. The molecule has 3 N–H and O–H groups in total. The summed E-state index contributed by atoms with van der Waals surface area (Å²) in [6, 6.07) is 16.2. The van der Waals surface area contributed by atoms with Gasteiger partial charge >= 0.3 is 0 Å². The van der Waals surface area contributed by atoms with Crippen molar-refractivity contribution in [3.05, 3.63) is 76.5 Å². The van der Waals surface area contributed by atoms with E-state index in [-0.39, 0.29) is 17.3 Å². The highest BCUT2D eigenvalue weighted by Gasteiger charge is 2.09. The molecular weight excluding hydrogens is 419 g/mol. The summed E-state index contributed by atoms with van der Waals surface area (Å²) in [5.74, 6) is 1.64. The number of hydrogen-bond acceptors (Lipinski definition) is 4. The molecule has 8 heteroatoms. The quantitative estimate of drug-likeness (QED) is 0.535. The van der Waals surface area contributed by atoms with Crippen molar-refractivity contribution in [1.82, 2.24) is 5.32 Å².